The minimum absolute atomic E-state index is 0.122. The molecule has 3 heterocycles. The summed E-state index contributed by atoms with van der Waals surface area (Å²) in [7, 11) is 1.63. The second-order valence-corrected chi connectivity index (χ2v) is 7.95. The van der Waals surface area contributed by atoms with E-state index in [0.717, 1.165) is 26.4 Å². The number of anilines is 1. The van der Waals surface area contributed by atoms with Crippen LogP contribution in [0.3, 0.4) is 0 Å². The monoisotopic (exact) mass is 407 g/mol. The third-order valence-electron chi connectivity index (χ3n) is 4.08. The van der Waals surface area contributed by atoms with E-state index in [-0.39, 0.29) is 5.91 Å². The van der Waals surface area contributed by atoms with Crippen LogP contribution in [-0.2, 0) is 11.3 Å². The van der Waals surface area contributed by atoms with Crippen LogP contribution in [0.1, 0.15) is 10.4 Å². The van der Waals surface area contributed by atoms with Crippen LogP contribution in [0, 0.1) is 0 Å². The van der Waals surface area contributed by atoms with Gasteiger partial charge in [0.2, 0.25) is 0 Å². The topological polar surface area (TPSA) is 55.3 Å². The van der Waals surface area contributed by atoms with Gasteiger partial charge in [-0.1, -0.05) is 23.5 Å². The first-order valence-corrected chi connectivity index (χ1v) is 10.3. The van der Waals surface area contributed by atoms with E-state index in [1.807, 2.05) is 53.9 Å². The number of hydrogen-bond donors (Lipinski definition) is 0. The number of aromatic nitrogens is 2. The molecule has 0 N–H and O–H groups in total. The summed E-state index contributed by atoms with van der Waals surface area (Å²) in [6.07, 6.45) is 6.91. The fourth-order valence-corrected chi connectivity index (χ4v) is 4.25. The Balaban J connectivity index is 1.68. The predicted molar refractivity (Wildman–Crippen MR) is 115 cm³/mol. The van der Waals surface area contributed by atoms with Crippen molar-refractivity contribution in [3.63, 3.8) is 0 Å². The first-order valence-electron chi connectivity index (χ1n) is 8.59. The van der Waals surface area contributed by atoms with Crippen LogP contribution in [-0.4, -0.2) is 23.0 Å². The van der Waals surface area contributed by atoms with Gasteiger partial charge in [-0.2, -0.15) is 0 Å². The van der Waals surface area contributed by atoms with Crippen LogP contribution >= 0.6 is 22.7 Å². The molecule has 0 saturated carbocycles. The number of pyridine rings is 1. The summed E-state index contributed by atoms with van der Waals surface area (Å²) >= 11 is 3.07. The highest BCUT2D eigenvalue weighted by atomic mass is 32.1. The molecule has 0 aliphatic rings. The molecule has 0 radical (unpaired) electrons. The number of amides is 1. The number of rotatable bonds is 6. The fraction of sp³-hybridized carbons (Fsp3) is 0.0952. The second kappa shape index (κ2) is 8.33. The number of fused-ring (bicyclic) bond motifs is 1. The van der Waals surface area contributed by atoms with E-state index in [9.17, 15) is 4.79 Å². The third-order valence-corrected chi connectivity index (χ3v) is 5.97. The molecule has 0 bridgehead atoms. The Morgan fingerprint density at radius 3 is 2.93 bits per heavy atom. The largest absolute Gasteiger partial charge is 0.497 e. The molecule has 5 nitrogen and oxygen atoms in total. The summed E-state index contributed by atoms with van der Waals surface area (Å²) in [6.45, 7) is 0.401. The molecule has 0 spiro atoms. The van der Waals surface area contributed by atoms with Crippen LogP contribution < -0.4 is 9.64 Å². The summed E-state index contributed by atoms with van der Waals surface area (Å²) in [5.74, 6) is 0.621. The molecule has 7 heteroatoms. The fourth-order valence-electron chi connectivity index (χ4n) is 2.68. The van der Waals surface area contributed by atoms with Gasteiger partial charge in [0.25, 0.3) is 5.91 Å². The quantitative estimate of drug-likeness (QED) is 0.422. The Hall–Kier alpha value is -3.03. The smallest absolute Gasteiger partial charge is 0.253 e. The zero-order valence-electron chi connectivity index (χ0n) is 15.1. The molecule has 0 aliphatic heterocycles. The number of carbonyl (C=O) groups excluding carboxylic acids is 1. The standard InChI is InChI=1S/C21H17N3O2S2/c1-26-16-6-8-19-18(12-16)23-21(28-19)24(14-15-4-2-10-22-13-15)20(25)9-7-17-5-3-11-27-17/h2-13H,14H2,1H3/b9-7+. The Morgan fingerprint density at radius 2 is 2.18 bits per heavy atom. The van der Waals surface area contributed by atoms with E-state index in [2.05, 4.69) is 9.97 Å². The van der Waals surface area contributed by atoms with Gasteiger partial charge < -0.3 is 4.74 Å². The van der Waals surface area contributed by atoms with Gasteiger partial charge in [-0.3, -0.25) is 14.7 Å². The highest BCUT2D eigenvalue weighted by Crippen LogP contribution is 2.32. The molecule has 1 aromatic carbocycles. The van der Waals surface area contributed by atoms with Crippen molar-refractivity contribution in [1.29, 1.82) is 0 Å². The van der Waals surface area contributed by atoms with Crippen molar-refractivity contribution < 1.29 is 9.53 Å². The molecular formula is C21H17N3O2S2. The van der Waals surface area contributed by atoms with E-state index in [4.69, 9.17) is 4.74 Å². The average molecular weight is 408 g/mol. The molecule has 28 heavy (non-hydrogen) atoms. The van der Waals surface area contributed by atoms with E-state index < -0.39 is 0 Å². The summed E-state index contributed by atoms with van der Waals surface area (Å²) in [5.41, 5.74) is 1.75. The lowest BCUT2D eigenvalue weighted by Crippen LogP contribution is -2.28. The zero-order chi connectivity index (χ0) is 19.3. The maximum atomic E-state index is 13.0. The van der Waals surface area contributed by atoms with Crippen LogP contribution in [0.2, 0.25) is 0 Å². The Morgan fingerprint density at radius 1 is 1.25 bits per heavy atom. The van der Waals surface area contributed by atoms with Crippen molar-refractivity contribution in [1.82, 2.24) is 9.97 Å². The van der Waals surface area contributed by atoms with Gasteiger partial charge in [-0.15, -0.1) is 11.3 Å². The Kier molecular flexibility index (Phi) is 5.45. The SMILES string of the molecule is COc1ccc2sc(N(Cc3cccnc3)C(=O)/C=C/c3cccs3)nc2c1. The summed E-state index contributed by atoms with van der Waals surface area (Å²) < 4.78 is 6.28. The number of benzene rings is 1. The predicted octanol–water partition coefficient (Wildman–Crippen LogP) is 5.01. The molecule has 4 rings (SSSR count). The van der Waals surface area contributed by atoms with Crippen molar-refractivity contribution in [2.75, 3.05) is 12.0 Å². The van der Waals surface area contributed by atoms with Crippen molar-refractivity contribution >= 4 is 50.0 Å². The molecular weight excluding hydrogens is 390 g/mol. The highest BCUT2D eigenvalue weighted by Gasteiger charge is 2.19. The number of thiophene rings is 1. The van der Waals surface area contributed by atoms with Crippen molar-refractivity contribution in [3.8, 4) is 5.75 Å². The summed E-state index contributed by atoms with van der Waals surface area (Å²) in [4.78, 5) is 24.5. The molecule has 0 atom stereocenters. The van der Waals surface area contributed by atoms with E-state index in [1.54, 1.807) is 41.8 Å². The molecule has 0 unspecified atom stereocenters. The molecule has 1 amide bonds. The van der Waals surface area contributed by atoms with Crippen molar-refractivity contribution in [3.05, 3.63) is 76.8 Å². The van der Waals surface area contributed by atoms with E-state index in [0.29, 0.717) is 11.7 Å². The first-order chi connectivity index (χ1) is 13.7. The second-order valence-electron chi connectivity index (χ2n) is 5.96. The Bertz CT molecular complexity index is 1110. The average Bonchev–Trinajstić information content (AvgIpc) is 3.39. The lowest BCUT2D eigenvalue weighted by atomic mass is 10.2. The minimum Gasteiger partial charge on any atom is -0.497 e. The number of hydrogen-bond acceptors (Lipinski definition) is 6. The third kappa shape index (κ3) is 4.11. The van der Waals surface area contributed by atoms with Gasteiger partial charge in [0.15, 0.2) is 5.13 Å². The van der Waals surface area contributed by atoms with Gasteiger partial charge in [0.05, 0.1) is 23.9 Å². The molecule has 0 saturated heterocycles. The number of nitrogens with zero attached hydrogens (tertiary/aromatic N) is 3. The van der Waals surface area contributed by atoms with Crippen LogP contribution in [0.25, 0.3) is 16.3 Å². The molecule has 0 fully saturated rings. The maximum absolute atomic E-state index is 13.0. The van der Waals surface area contributed by atoms with Gasteiger partial charge in [0, 0.05) is 29.4 Å². The van der Waals surface area contributed by atoms with E-state index >= 15 is 0 Å². The van der Waals surface area contributed by atoms with Gasteiger partial charge >= 0.3 is 0 Å². The number of ether oxygens (including phenoxy) is 1. The molecule has 0 aliphatic carbocycles. The highest BCUT2D eigenvalue weighted by molar-refractivity contribution is 7.22. The summed E-state index contributed by atoms with van der Waals surface area (Å²) in [5, 5.41) is 2.63. The lowest BCUT2D eigenvalue weighted by Gasteiger charge is -2.18. The molecule has 4 aromatic rings. The van der Waals surface area contributed by atoms with Crippen LogP contribution in [0.4, 0.5) is 5.13 Å². The van der Waals surface area contributed by atoms with Crippen molar-refractivity contribution in [2.45, 2.75) is 6.54 Å². The van der Waals surface area contributed by atoms with Crippen LogP contribution in [0.5, 0.6) is 5.75 Å². The van der Waals surface area contributed by atoms with Gasteiger partial charge in [0.1, 0.15) is 5.75 Å². The molecule has 3 aromatic heterocycles. The van der Waals surface area contributed by atoms with Gasteiger partial charge in [-0.25, -0.2) is 4.98 Å². The van der Waals surface area contributed by atoms with Crippen LogP contribution in [0.15, 0.2) is 66.3 Å². The number of carbonyl (C=O) groups is 1. The first kappa shape index (κ1) is 18.3. The minimum atomic E-state index is -0.122. The summed E-state index contributed by atoms with van der Waals surface area (Å²) in [6, 6.07) is 13.5. The number of methoxy groups -OCH3 is 1. The lowest BCUT2D eigenvalue weighted by molar-refractivity contribution is -0.114. The van der Waals surface area contributed by atoms with E-state index in [1.165, 1.54) is 11.3 Å². The van der Waals surface area contributed by atoms with Crippen molar-refractivity contribution in [2.24, 2.45) is 0 Å². The molecule has 140 valence electrons. The number of thiazole rings is 1. The maximum Gasteiger partial charge on any atom is 0.253 e. The van der Waals surface area contributed by atoms with Gasteiger partial charge in [-0.05, 0) is 41.3 Å². The zero-order valence-corrected chi connectivity index (χ0v) is 16.7. The normalized spacial score (nSPS) is 11.2. The Labute approximate surface area is 170 Å².